The average Bonchev–Trinajstić information content (AvgIpc) is 3.54. The number of carbonyl (C=O) groups is 2. The van der Waals surface area contributed by atoms with Crippen LogP contribution in [-0.2, 0) is 28.1 Å². The normalized spacial score (nSPS) is 17.9. The van der Waals surface area contributed by atoms with E-state index in [0.29, 0.717) is 22.3 Å². The first-order valence-electron chi connectivity index (χ1n) is 11.7. The minimum Gasteiger partial charge on any atom is -0.343 e. The summed E-state index contributed by atoms with van der Waals surface area (Å²) in [7, 11) is 0. The Morgan fingerprint density at radius 3 is 2.61 bits per heavy atom. The Hall–Kier alpha value is -2.48. The van der Waals surface area contributed by atoms with Crippen LogP contribution in [0.4, 0.5) is 4.39 Å². The summed E-state index contributed by atoms with van der Waals surface area (Å²) >= 11 is 6.17. The standard InChI is InChI=1S/C24H30ClFN4O3/c1-16(31)28-24(13-4-2-3-5-14-24)23-27-21(33-29-23)11-12-22(32)30(17-9-10-17)15-18-19(25)7-6-8-20(18)26/h6-8,17H,2-5,9-15H2,1H3,(H,28,31). The quantitative estimate of drug-likeness (QED) is 0.559. The number of hydrogen-bond acceptors (Lipinski definition) is 5. The molecule has 0 unspecified atom stereocenters. The number of benzene rings is 1. The molecule has 2 amide bonds. The van der Waals surface area contributed by atoms with E-state index in [-0.39, 0.29) is 37.2 Å². The highest BCUT2D eigenvalue weighted by molar-refractivity contribution is 6.31. The Bertz CT molecular complexity index is 979. The van der Waals surface area contributed by atoms with Gasteiger partial charge < -0.3 is 14.7 Å². The Balaban J connectivity index is 1.43. The summed E-state index contributed by atoms with van der Waals surface area (Å²) in [6.07, 6.45) is 8.01. The average molecular weight is 477 g/mol. The van der Waals surface area contributed by atoms with Crippen LogP contribution in [0.5, 0.6) is 0 Å². The lowest BCUT2D eigenvalue weighted by Crippen LogP contribution is -2.45. The largest absolute Gasteiger partial charge is 0.343 e. The van der Waals surface area contributed by atoms with Crippen LogP contribution in [0.15, 0.2) is 22.7 Å². The van der Waals surface area contributed by atoms with Gasteiger partial charge in [0.15, 0.2) is 5.82 Å². The lowest BCUT2D eigenvalue weighted by atomic mass is 9.89. The van der Waals surface area contributed by atoms with Gasteiger partial charge in [0.25, 0.3) is 0 Å². The van der Waals surface area contributed by atoms with Gasteiger partial charge in [-0.3, -0.25) is 9.59 Å². The highest BCUT2D eigenvalue weighted by atomic mass is 35.5. The highest BCUT2D eigenvalue weighted by Crippen LogP contribution is 2.35. The van der Waals surface area contributed by atoms with Crippen LogP contribution in [0.3, 0.4) is 0 Å². The zero-order valence-corrected chi connectivity index (χ0v) is 19.7. The lowest BCUT2D eigenvalue weighted by molar-refractivity contribution is -0.132. The van der Waals surface area contributed by atoms with Crippen LogP contribution < -0.4 is 5.32 Å². The number of rotatable bonds is 8. The van der Waals surface area contributed by atoms with Crippen molar-refractivity contribution in [1.82, 2.24) is 20.4 Å². The van der Waals surface area contributed by atoms with Crippen molar-refractivity contribution in [1.29, 1.82) is 0 Å². The van der Waals surface area contributed by atoms with E-state index in [0.717, 1.165) is 51.4 Å². The van der Waals surface area contributed by atoms with E-state index in [1.54, 1.807) is 17.0 Å². The van der Waals surface area contributed by atoms with Gasteiger partial charge in [0.2, 0.25) is 17.7 Å². The SMILES string of the molecule is CC(=O)NC1(c2noc(CCC(=O)N(Cc3c(F)cccc3Cl)C3CC3)n2)CCCCCC1. The van der Waals surface area contributed by atoms with Crippen molar-refractivity contribution in [3.05, 3.63) is 46.3 Å². The van der Waals surface area contributed by atoms with E-state index in [4.69, 9.17) is 16.1 Å². The minimum atomic E-state index is -0.615. The summed E-state index contributed by atoms with van der Waals surface area (Å²) < 4.78 is 19.7. The van der Waals surface area contributed by atoms with E-state index in [2.05, 4.69) is 15.5 Å². The molecule has 33 heavy (non-hydrogen) atoms. The van der Waals surface area contributed by atoms with Crippen molar-refractivity contribution >= 4 is 23.4 Å². The summed E-state index contributed by atoms with van der Waals surface area (Å²) in [5, 5.41) is 7.56. The van der Waals surface area contributed by atoms with Crippen molar-refractivity contribution < 1.29 is 18.5 Å². The Labute approximate surface area is 198 Å². The molecule has 4 rings (SSSR count). The Morgan fingerprint density at radius 1 is 1.24 bits per heavy atom. The fourth-order valence-electron chi connectivity index (χ4n) is 4.64. The fraction of sp³-hybridized carbons (Fsp3) is 0.583. The summed E-state index contributed by atoms with van der Waals surface area (Å²) in [5.41, 5.74) is -0.277. The Kier molecular flexibility index (Phi) is 7.32. The third-order valence-electron chi connectivity index (χ3n) is 6.52. The molecule has 0 bridgehead atoms. The maximum Gasteiger partial charge on any atom is 0.227 e. The second-order valence-corrected chi connectivity index (χ2v) is 9.55. The molecule has 9 heteroatoms. The van der Waals surface area contributed by atoms with Gasteiger partial charge in [0, 0.05) is 36.4 Å². The highest BCUT2D eigenvalue weighted by Gasteiger charge is 2.38. The van der Waals surface area contributed by atoms with Crippen LogP contribution in [0.1, 0.15) is 82.0 Å². The number of amides is 2. The zero-order chi connectivity index (χ0) is 23.4. The molecular weight excluding hydrogens is 447 g/mol. The molecule has 178 valence electrons. The number of halogens is 2. The molecule has 2 saturated carbocycles. The minimum absolute atomic E-state index is 0.0948. The van der Waals surface area contributed by atoms with Crippen LogP contribution in [0, 0.1) is 5.82 Å². The van der Waals surface area contributed by atoms with Crippen LogP contribution in [0.25, 0.3) is 0 Å². The zero-order valence-electron chi connectivity index (χ0n) is 18.9. The van der Waals surface area contributed by atoms with Gasteiger partial charge in [-0.25, -0.2) is 4.39 Å². The first kappa shape index (κ1) is 23.7. The van der Waals surface area contributed by atoms with Gasteiger partial charge in [-0.1, -0.05) is 48.5 Å². The molecule has 1 heterocycles. The summed E-state index contributed by atoms with van der Waals surface area (Å²) in [5.74, 6) is 0.230. The molecule has 2 fully saturated rings. The van der Waals surface area contributed by atoms with E-state index >= 15 is 0 Å². The van der Waals surface area contributed by atoms with Crippen LogP contribution in [0.2, 0.25) is 5.02 Å². The summed E-state index contributed by atoms with van der Waals surface area (Å²) in [6.45, 7) is 1.65. The predicted octanol–water partition coefficient (Wildman–Crippen LogP) is 4.67. The van der Waals surface area contributed by atoms with Crippen molar-refractivity contribution in [3.63, 3.8) is 0 Å². The predicted molar refractivity (Wildman–Crippen MR) is 121 cm³/mol. The molecule has 2 aliphatic carbocycles. The van der Waals surface area contributed by atoms with E-state index in [1.165, 1.54) is 13.0 Å². The molecule has 1 aromatic carbocycles. The number of hydrogen-bond donors (Lipinski definition) is 1. The van der Waals surface area contributed by atoms with E-state index in [1.807, 2.05) is 0 Å². The van der Waals surface area contributed by atoms with Crippen molar-refractivity contribution in [3.8, 4) is 0 Å². The summed E-state index contributed by atoms with van der Waals surface area (Å²) in [6, 6.07) is 4.66. The molecule has 0 atom stereocenters. The number of nitrogens with zero attached hydrogens (tertiary/aromatic N) is 3. The topological polar surface area (TPSA) is 88.3 Å². The molecule has 7 nitrogen and oxygen atoms in total. The smallest absolute Gasteiger partial charge is 0.227 e. The fourth-order valence-corrected chi connectivity index (χ4v) is 4.87. The second kappa shape index (κ2) is 10.2. The number of aromatic nitrogens is 2. The monoisotopic (exact) mass is 476 g/mol. The number of nitrogens with one attached hydrogen (secondary N) is 1. The van der Waals surface area contributed by atoms with Gasteiger partial charge in [0.05, 0.1) is 6.54 Å². The Morgan fingerprint density at radius 2 is 1.97 bits per heavy atom. The van der Waals surface area contributed by atoms with Crippen molar-refractivity contribution in [2.75, 3.05) is 0 Å². The summed E-state index contributed by atoms with van der Waals surface area (Å²) in [4.78, 5) is 31.1. The van der Waals surface area contributed by atoms with Gasteiger partial charge in [-0.15, -0.1) is 0 Å². The molecular formula is C24H30ClFN4O3. The van der Waals surface area contributed by atoms with Crippen molar-refractivity contribution in [2.24, 2.45) is 0 Å². The molecule has 0 saturated heterocycles. The van der Waals surface area contributed by atoms with Gasteiger partial charge in [-0.2, -0.15) is 4.98 Å². The molecule has 2 aromatic rings. The van der Waals surface area contributed by atoms with Gasteiger partial charge >= 0.3 is 0 Å². The number of aryl methyl sites for hydroxylation is 1. The first-order valence-corrected chi connectivity index (χ1v) is 12.1. The molecule has 2 aliphatic rings. The third-order valence-corrected chi connectivity index (χ3v) is 6.87. The molecule has 0 aliphatic heterocycles. The molecule has 1 N–H and O–H groups in total. The van der Waals surface area contributed by atoms with Crippen molar-refractivity contribution in [2.45, 2.75) is 89.3 Å². The van der Waals surface area contributed by atoms with E-state index in [9.17, 15) is 14.0 Å². The molecule has 1 aromatic heterocycles. The third kappa shape index (κ3) is 5.72. The van der Waals surface area contributed by atoms with Gasteiger partial charge in [-0.05, 0) is 37.8 Å². The lowest BCUT2D eigenvalue weighted by Gasteiger charge is -2.30. The van der Waals surface area contributed by atoms with Gasteiger partial charge in [0.1, 0.15) is 11.4 Å². The molecule has 0 spiro atoms. The van der Waals surface area contributed by atoms with E-state index < -0.39 is 11.4 Å². The number of carbonyl (C=O) groups excluding carboxylic acids is 2. The maximum absolute atomic E-state index is 14.3. The first-order chi connectivity index (χ1) is 15.9. The van der Waals surface area contributed by atoms with Crippen LogP contribution in [-0.4, -0.2) is 32.9 Å². The van der Waals surface area contributed by atoms with Crippen LogP contribution >= 0.6 is 11.6 Å². The molecule has 0 radical (unpaired) electrons. The maximum atomic E-state index is 14.3. The second-order valence-electron chi connectivity index (χ2n) is 9.14.